The summed E-state index contributed by atoms with van der Waals surface area (Å²) >= 11 is 0. The molecule has 8 heteroatoms. The zero-order valence-electron chi connectivity index (χ0n) is 59.9. The Kier molecular flexibility index (Phi) is 13.5. The van der Waals surface area contributed by atoms with Gasteiger partial charge < -0.3 is 28.2 Å². The number of hydrogen-bond acceptors (Lipinski definition) is 4. The molecule has 0 saturated heterocycles. The molecule has 4 aliphatic heterocycles. The molecule has 6 heterocycles. The molecule has 0 N–H and O–H groups in total. The van der Waals surface area contributed by atoms with Crippen molar-refractivity contribution < 1.29 is 14.2 Å². The molecular weight excluding hydrogens is 1260 g/mol. The van der Waals surface area contributed by atoms with Crippen molar-refractivity contribution in [1.29, 1.82) is 0 Å². The normalized spacial score (nSPS) is 13.4. The van der Waals surface area contributed by atoms with Crippen molar-refractivity contribution in [2.75, 3.05) is 4.90 Å². The maximum Gasteiger partial charge on any atom is 0.260 e. The predicted molar refractivity (Wildman–Crippen MR) is 437 cm³/mol. The second kappa shape index (κ2) is 22.8. The lowest BCUT2D eigenvalue weighted by atomic mass is 9.34. The first-order valence-corrected chi connectivity index (χ1v) is 36.6. The molecule has 0 amide bonds. The SMILES string of the molecule is CC(C)(C)c1ccc2c(c1)c1cc(C(C)(C)C)ccc1n2-c1ccc2c(c1)Oc1cc(-c3cc4c5c(c3-c3ccccc3C(C)(C)C)Oc3ccccc3B5c3ccccc3O4)cc3c1B2c1ccc(-n2c4ccccc4c4ccccc42)cc1N3c1cc(-c2ccccc2)cc(-c2ccccc2)c1. The van der Waals surface area contributed by atoms with Crippen molar-refractivity contribution in [2.24, 2.45) is 0 Å². The third-order valence-electron chi connectivity index (χ3n) is 22.5. The van der Waals surface area contributed by atoms with Gasteiger partial charge in [-0.05, 0) is 202 Å². The second-order valence-corrected chi connectivity index (χ2v) is 32.0. The van der Waals surface area contributed by atoms with Gasteiger partial charge in [-0.15, -0.1) is 0 Å². The second-order valence-electron chi connectivity index (χ2n) is 32.0. The fraction of sp³-hybridized carbons (Fsp3) is 0.125. The van der Waals surface area contributed by atoms with E-state index in [9.17, 15) is 0 Å². The number of fused-ring (bicyclic) bond motifs is 14. The van der Waals surface area contributed by atoms with Crippen LogP contribution in [0.1, 0.15) is 79.0 Å². The van der Waals surface area contributed by atoms with E-state index in [2.05, 4.69) is 368 Å². The number of benzene rings is 14. The van der Waals surface area contributed by atoms with E-state index in [4.69, 9.17) is 14.2 Å². The molecule has 0 saturated carbocycles. The number of rotatable bonds is 7. The quantitative estimate of drug-likeness (QED) is 0.149. The van der Waals surface area contributed by atoms with Crippen LogP contribution in [0.5, 0.6) is 34.5 Å². The number of aromatic nitrogens is 2. The van der Waals surface area contributed by atoms with E-state index in [1.54, 1.807) is 0 Å². The molecule has 6 nitrogen and oxygen atoms in total. The summed E-state index contributed by atoms with van der Waals surface area (Å²) in [6.07, 6.45) is 0. The zero-order chi connectivity index (χ0) is 70.2. The first kappa shape index (κ1) is 61.8. The van der Waals surface area contributed by atoms with Crippen LogP contribution < -0.4 is 51.9 Å². The fourth-order valence-electron chi connectivity index (χ4n) is 17.5. The van der Waals surface area contributed by atoms with Crippen molar-refractivity contribution >= 4 is 107 Å². The van der Waals surface area contributed by atoms with Gasteiger partial charge in [0.2, 0.25) is 0 Å². The lowest BCUT2D eigenvalue weighted by molar-refractivity contribution is 0.466. The zero-order valence-corrected chi connectivity index (χ0v) is 59.9. The third kappa shape index (κ3) is 9.57. The summed E-state index contributed by atoms with van der Waals surface area (Å²) in [7, 11) is 0. The molecule has 498 valence electrons. The summed E-state index contributed by atoms with van der Waals surface area (Å²) < 4.78 is 27.8. The van der Waals surface area contributed by atoms with Gasteiger partial charge >= 0.3 is 0 Å². The van der Waals surface area contributed by atoms with E-state index in [0.717, 1.165) is 157 Å². The van der Waals surface area contributed by atoms with E-state index in [1.807, 2.05) is 0 Å². The number of anilines is 3. The van der Waals surface area contributed by atoms with Crippen molar-refractivity contribution in [3.8, 4) is 90.4 Å². The summed E-state index contributed by atoms with van der Waals surface area (Å²) in [6.45, 7) is 20.4. The van der Waals surface area contributed by atoms with Crippen molar-refractivity contribution in [1.82, 2.24) is 9.13 Å². The van der Waals surface area contributed by atoms with E-state index in [-0.39, 0.29) is 29.7 Å². The minimum atomic E-state index is -0.274. The highest BCUT2D eigenvalue weighted by Gasteiger charge is 2.46. The van der Waals surface area contributed by atoms with Gasteiger partial charge in [0.15, 0.2) is 0 Å². The summed E-state index contributed by atoms with van der Waals surface area (Å²) in [4.78, 5) is 2.56. The summed E-state index contributed by atoms with van der Waals surface area (Å²) in [5.74, 6) is 4.81. The Morgan fingerprint density at radius 1 is 0.279 bits per heavy atom. The van der Waals surface area contributed by atoms with Crippen LogP contribution in [-0.4, -0.2) is 22.6 Å². The highest BCUT2D eigenvalue weighted by molar-refractivity contribution is 6.99. The highest BCUT2D eigenvalue weighted by Crippen LogP contribution is 2.53. The molecule has 20 rings (SSSR count). The molecule has 0 bridgehead atoms. The molecule has 14 aromatic carbocycles. The maximum atomic E-state index is 7.95. The standard InChI is InChI=1S/C96H75B2N3O3/c1-94(2,3)63-40-46-81-72(53-63)73-54-64(95(4,5)6)41-47-82(73)100(81)66-43-45-78-87(56-66)103-88-52-62(71-57-89-92-93(90(71)70-32-16-19-33-74(70)96(7,8)9)104-86-39-25-21-35-77(86)98(92)76-34-20-24-38-85(76)102-89)51-84-91(88)97(78)75-44-42-65(99-79-36-22-17-30-68(79)69-31-18-23-37-80(69)99)55-83(75)101(84)67-49-60(58-26-12-10-13-27-58)48-61(50-67)59-28-14-11-15-29-59/h10-57H,1-9H3. The van der Waals surface area contributed by atoms with Crippen LogP contribution >= 0.6 is 0 Å². The van der Waals surface area contributed by atoms with Crippen LogP contribution in [-0.2, 0) is 16.2 Å². The van der Waals surface area contributed by atoms with E-state index in [0.29, 0.717) is 0 Å². The topological polar surface area (TPSA) is 40.8 Å². The van der Waals surface area contributed by atoms with Crippen molar-refractivity contribution in [3.05, 3.63) is 308 Å². The molecule has 0 aliphatic carbocycles. The molecule has 16 aromatic rings. The molecule has 0 fully saturated rings. The first-order valence-electron chi connectivity index (χ1n) is 36.6. The predicted octanol–water partition coefficient (Wildman–Crippen LogP) is 21.6. The Morgan fingerprint density at radius 3 is 1.38 bits per heavy atom. The molecule has 2 aromatic heterocycles. The summed E-state index contributed by atoms with van der Waals surface area (Å²) in [5.41, 5.74) is 28.3. The minimum Gasteiger partial charge on any atom is -0.458 e. The average Bonchev–Trinajstić information content (AvgIpc) is 0.861. The molecule has 0 unspecified atom stereocenters. The van der Waals surface area contributed by atoms with Gasteiger partial charge in [-0.2, -0.15) is 0 Å². The Labute approximate surface area is 608 Å². The number of nitrogens with zero attached hydrogens (tertiary/aromatic N) is 3. The third-order valence-corrected chi connectivity index (χ3v) is 22.5. The van der Waals surface area contributed by atoms with Gasteiger partial charge in [-0.3, -0.25) is 0 Å². The fourth-order valence-corrected chi connectivity index (χ4v) is 17.5. The van der Waals surface area contributed by atoms with Crippen molar-refractivity contribution in [3.63, 3.8) is 0 Å². The molecule has 4 aliphatic rings. The van der Waals surface area contributed by atoms with Gasteiger partial charge in [0.25, 0.3) is 13.4 Å². The van der Waals surface area contributed by atoms with E-state index < -0.39 is 0 Å². The van der Waals surface area contributed by atoms with Gasteiger partial charge in [-0.25, -0.2) is 0 Å². The Morgan fingerprint density at radius 2 is 0.769 bits per heavy atom. The van der Waals surface area contributed by atoms with Gasteiger partial charge in [0, 0.05) is 67.1 Å². The van der Waals surface area contributed by atoms with Crippen LogP contribution in [0.3, 0.4) is 0 Å². The van der Waals surface area contributed by atoms with Crippen LogP contribution in [0.25, 0.3) is 99.5 Å². The largest absolute Gasteiger partial charge is 0.458 e. The van der Waals surface area contributed by atoms with Crippen LogP contribution in [0.15, 0.2) is 291 Å². The first-order chi connectivity index (χ1) is 50.5. The minimum absolute atomic E-state index is 0.0494. The van der Waals surface area contributed by atoms with Crippen LogP contribution in [0.4, 0.5) is 17.1 Å². The smallest absolute Gasteiger partial charge is 0.260 e. The molecular formula is C96H75B2N3O3. The van der Waals surface area contributed by atoms with E-state index >= 15 is 0 Å². The molecule has 0 radical (unpaired) electrons. The molecule has 0 spiro atoms. The van der Waals surface area contributed by atoms with Gasteiger partial charge in [-0.1, -0.05) is 244 Å². The van der Waals surface area contributed by atoms with Gasteiger partial charge in [0.1, 0.15) is 34.5 Å². The summed E-state index contributed by atoms with van der Waals surface area (Å²) in [5, 5.41) is 4.90. The van der Waals surface area contributed by atoms with E-state index in [1.165, 1.54) is 43.7 Å². The maximum absolute atomic E-state index is 7.95. The Balaban J connectivity index is 0.905. The lowest BCUT2D eigenvalue weighted by Gasteiger charge is -2.41. The Bertz CT molecular complexity index is 6110. The molecule has 104 heavy (non-hydrogen) atoms. The average molecular weight is 1340 g/mol. The number of ether oxygens (including phenoxy) is 3. The molecule has 0 atom stereocenters. The number of para-hydroxylation sites is 4. The van der Waals surface area contributed by atoms with Crippen molar-refractivity contribution in [2.45, 2.75) is 78.6 Å². The Hall–Kier alpha value is -12.0. The van der Waals surface area contributed by atoms with Crippen LogP contribution in [0, 0.1) is 0 Å². The van der Waals surface area contributed by atoms with Crippen LogP contribution in [0.2, 0.25) is 0 Å². The monoisotopic (exact) mass is 1340 g/mol. The lowest BCUT2D eigenvalue weighted by Crippen LogP contribution is -2.59. The summed E-state index contributed by atoms with van der Waals surface area (Å²) in [6, 6.07) is 108. The number of hydrogen-bond donors (Lipinski definition) is 0. The highest BCUT2D eigenvalue weighted by atomic mass is 16.5. The van der Waals surface area contributed by atoms with Gasteiger partial charge in [0.05, 0.1) is 22.1 Å².